The minimum absolute atomic E-state index is 0.0139. The molecule has 1 heterocycles. The molecule has 7 nitrogen and oxygen atoms in total. The summed E-state index contributed by atoms with van der Waals surface area (Å²) in [5, 5.41) is 2.83. The summed E-state index contributed by atoms with van der Waals surface area (Å²) in [7, 11) is -3.34. The lowest BCUT2D eigenvalue weighted by molar-refractivity contribution is -0.121. The van der Waals surface area contributed by atoms with E-state index in [-0.39, 0.29) is 18.5 Å². The molecular weight excluding hydrogens is 306 g/mol. The fourth-order valence-electron chi connectivity index (χ4n) is 3.09. The van der Waals surface area contributed by atoms with Gasteiger partial charge < -0.3 is 10.1 Å². The van der Waals surface area contributed by atoms with Gasteiger partial charge in [0.15, 0.2) is 0 Å². The standard InChI is InChI=1S/C14H27N3O4S/c1-22(19,20)17(13-4-2-3-5-13)12-14(18)15-6-7-16-8-10-21-11-9-16/h13H,2-12H2,1H3,(H,15,18). The van der Waals surface area contributed by atoms with Gasteiger partial charge >= 0.3 is 0 Å². The zero-order valence-electron chi connectivity index (χ0n) is 13.3. The molecule has 1 saturated heterocycles. The van der Waals surface area contributed by atoms with Crippen LogP contribution in [0.4, 0.5) is 0 Å². The van der Waals surface area contributed by atoms with Crippen molar-refractivity contribution in [3.63, 3.8) is 0 Å². The van der Waals surface area contributed by atoms with E-state index in [1.807, 2.05) is 0 Å². The third-order valence-corrected chi connectivity index (χ3v) is 5.59. The number of ether oxygens (including phenoxy) is 1. The first kappa shape index (κ1) is 17.7. The Bertz CT molecular complexity index is 457. The number of carbonyl (C=O) groups excluding carboxylic acids is 1. The van der Waals surface area contributed by atoms with Crippen molar-refractivity contribution in [1.29, 1.82) is 0 Å². The lowest BCUT2D eigenvalue weighted by Crippen LogP contribution is -2.47. The molecule has 1 saturated carbocycles. The summed E-state index contributed by atoms with van der Waals surface area (Å²) < 4.78 is 30.4. The SMILES string of the molecule is CS(=O)(=O)N(CC(=O)NCCN1CCOCC1)C1CCCC1. The Labute approximate surface area is 133 Å². The van der Waals surface area contributed by atoms with Crippen molar-refractivity contribution in [2.75, 3.05) is 52.2 Å². The number of amides is 1. The van der Waals surface area contributed by atoms with Crippen LogP contribution in [0.15, 0.2) is 0 Å². The van der Waals surface area contributed by atoms with Gasteiger partial charge in [-0.2, -0.15) is 4.31 Å². The van der Waals surface area contributed by atoms with E-state index in [2.05, 4.69) is 10.2 Å². The van der Waals surface area contributed by atoms with Crippen molar-refractivity contribution in [2.24, 2.45) is 0 Å². The number of nitrogens with one attached hydrogen (secondary N) is 1. The minimum Gasteiger partial charge on any atom is -0.379 e. The van der Waals surface area contributed by atoms with Crippen LogP contribution in [0.2, 0.25) is 0 Å². The predicted molar refractivity (Wildman–Crippen MR) is 84.1 cm³/mol. The molecule has 0 aromatic rings. The summed E-state index contributed by atoms with van der Waals surface area (Å²) in [6.07, 6.45) is 4.97. The Kier molecular flexibility index (Phi) is 6.61. The van der Waals surface area contributed by atoms with Crippen molar-refractivity contribution < 1.29 is 17.9 Å². The molecule has 1 amide bonds. The second kappa shape index (κ2) is 8.24. The highest BCUT2D eigenvalue weighted by atomic mass is 32.2. The molecule has 0 atom stereocenters. The monoisotopic (exact) mass is 333 g/mol. The van der Waals surface area contributed by atoms with Gasteiger partial charge in [0.05, 0.1) is 26.0 Å². The molecule has 22 heavy (non-hydrogen) atoms. The second-order valence-corrected chi connectivity index (χ2v) is 7.99. The summed E-state index contributed by atoms with van der Waals surface area (Å²) in [6, 6.07) is -0.0139. The third-order valence-electron chi connectivity index (χ3n) is 4.31. The van der Waals surface area contributed by atoms with Crippen LogP contribution >= 0.6 is 0 Å². The Morgan fingerprint density at radius 1 is 1.27 bits per heavy atom. The number of hydrogen-bond acceptors (Lipinski definition) is 5. The number of morpholine rings is 1. The molecule has 2 rings (SSSR count). The zero-order chi connectivity index (χ0) is 16.0. The largest absolute Gasteiger partial charge is 0.379 e. The van der Waals surface area contributed by atoms with E-state index < -0.39 is 10.0 Å². The first-order valence-electron chi connectivity index (χ1n) is 8.00. The van der Waals surface area contributed by atoms with E-state index in [0.29, 0.717) is 6.54 Å². The van der Waals surface area contributed by atoms with E-state index in [0.717, 1.165) is 58.5 Å². The van der Waals surface area contributed by atoms with Crippen molar-refractivity contribution in [1.82, 2.24) is 14.5 Å². The van der Waals surface area contributed by atoms with Crippen molar-refractivity contribution in [2.45, 2.75) is 31.7 Å². The van der Waals surface area contributed by atoms with E-state index in [1.165, 1.54) is 10.6 Å². The molecule has 8 heteroatoms. The van der Waals surface area contributed by atoms with Gasteiger partial charge in [0.25, 0.3) is 0 Å². The van der Waals surface area contributed by atoms with E-state index in [9.17, 15) is 13.2 Å². The van der Waals surface area contributed by atoms with Crippen LogP contribution in [-0.2, 0) is 19.6 Å². The quantitative estimate of drug-likeness (QED) is 0.688. The van der Waals surface area contributed by atoms with Crippen LogP contribution in [0.1, 0.15) is 25.7 Å². The van der Waals surface area contributed by atoms with E-state index in [1.54, 1.807) is 0 Å². The summed E-state index contributed by atoms with van der Waals surface area (Å²) in [5.41, 5.74) is 0. The molecule has 2 aliphatic rings. The van der Waals surface area contributed by atoms with Gasteiger partial charge in [-0.3, -0.25) is 9.69 Å². The Morgan fingerprint density at radius 3 is 2.50 bits per heavy atom. The number of carbonyl (C=O) groups is 1. The van der Waals surface area contributed by atoms with Crippen LogP contribution in [0.25, 0.3) is 0 Å². The smallest absolute Gasteiger partial charge is 0.235 e. The maximum atomic E-state index is 12.0. The van der Waals surface area contributed by atoms with Crippen LogP contribution < -0.4 is 5.32 Å². The van der Waals surface area contributed by atoms with Gasteiger partial charge in [-0.15, -0.1) is 0 Å². The molecular formula is C14H27N3O4S. The van der Waals surface area contributed by atoms with Crippen molar-refractivity contribution in [3.05, 3.63) is 0 Å². The van der Waals surface area contributed by atoms with Crippen LogP contribution in [0.5, 0.6) is 0 Å². The molecule has 1 N–H and O–H groups in total. The van der Waals surface area contributed by atoms with Gasteiger partial charge in [0.2, 0.25) is 15.9 Å². The fraction of sp³-hybridized carbons (Fsp3) is 0.929. The summed E-state index contributed by atoms with van der Waals surface area (Å²) >= 11 is 0. The van der Waals surface area contributed by atoms with Gasteiger partial charge in [-0.25, -0.2) is 8.42 Å². The Morgan fingerprint density at radius 2 is 1.91 bits per heavy atom. The predicted octanol–water partition coefficient (Wildman–Crippen LogP) is -0.361. The minimum atomic E-state index is -3.34. The average Bonchev–Trinajstić information content (AvgIpc) is 2.98. The van der Waals surface area contributed by atoms with Gasteiger partial charge in [-0.1, -0.05) is 12.8 Å². The Hall–Kier alpha value is -0.700. The number of rotatable bonds is 7. The molecule has 0 radical (unpaired) electrons. The first-order chi connectivity index (χ1) is 10.5. The summed E-state index contributed by atoms with van der Waals surface area (Å²) in [6.45, 7) is 4.49. The molecule has 0 aromatic carbocycles. The normalized spacial score (nSPS) is 21.4. The summed E-state index contributed by atoms with van der Waals surface area (Å²) in [5.74, 6) is -0.217. The molecule has 1 aliphatic heterocycles. The van der Waals surface area contributed by atoms with Crippen LogP contribution in [0.3, 0.4) is 0 Å². The lowest BCUT2D eigenvalue weighted by Gasteiger charge is -2.27. The molecule has 0 bridgehead atoms. The van der Waals surface area contributed by atoms with E-state index in [4.69, 9.17) is 4.74 Å². The number of sulfonamides is 1. The molecule has 0 aromatic heterocycles. The first-order valence-corrected chi connectivity index (χ1v) is 9.85. The van der Waals surface area contributed by atoms with Gasteiger partial charge in [-0.05, 0) is 12.8 Å². The van der Waals surface area contributed by atoms with Crippen LogP contribution in [0, 0.1) is 0 Å². The molecule has 0 spiro atoms. The fourth-order valence-corrected chi connectivity index (χ4v) is 4.19. The summed E-state index contributed by atoms with van der Waals surface area (Å²) in [4.78, 5) is 14.3. The maximum Gasteiger partial charge on any atom is 0.235 e. The zero-order valence-corrected chi connectivity index (χ0v) is 14.1. The topological polar surface area (TPSA) is 79.0 Å². The molecule has 0 unspecified atom stereocenters. The highest BCUT2D eigenvalue weighted by molar-refractivity contribution is 7.88. The lowest BCUT2D eigenvalue weighted by atomic mass is 10.2. The average molecular weight is 333 g/mol. The van der Waals surface area contributed by atoms with Gasteiger partial charge in [0.1, 0.15) is 0 Å². The third kappa shape index (κ3) is 5.49. The molecule has 128 valence electrons. The van der Waals surface area contributed by atoms with E-state index >= 15 is 0 Å². The van der Waals surface area contributed by atoms with Gasteiger partial charge in [0, 0.05) is 32.2 Å². The highest BCUT2D eigenvalue weighted by Gasteiger charge is 2.30. The molecule has 1 aliphatic carbocycles. The Balaban J connectivity index is 1.75. The van der Waals surface area contributed by atoms with Crippen molar-refractivity contribution in [3.8, 4) is 0 Å². The molecule has 2 fully saturated rings. The number of hydrogen-bond donors (Lipinski definition) is 1. The number of nitrogens with zero attached hydrogens (tertiary/aromatic N) is 2. The second-order valence-electron chi connectivity index (χ2n) is 6.05. The van der Waals surface area contributed by atoms with Crippen molar-refractivity contribution >= 4 is 15.9 Å². The van der Waals surface area contributed by atoms with Crippen LogP contribution in [-0.4, -0.2) is 81.8 Å². The highest BCUT2D eigenvalue weighted by Crippen LogP contribution is 2.24. The maximum absolute atomic E-state index is 12.0.